The molecular formula is C33H39N7O7. The summed E-state index contributed by atoms with van der Waals surface area (Å²) in [7, 11) is 0. The van der Waals surface area contributed by atoms with Crippen LogP contribution in [0.5, 0.6) is 0 Å². The Balaban J connectivity index is 0.00000192. The molecule has 3 aromatic carbocycles. The van der Waals surface area contributed by atoms with E-state index >= 15 is 0 Å². The molecule has 4 aromatic rings. The van der Waals surface area contributed by atoms with Gasteiger partial charge < -0.3 is 25.4 Å². The maximum absolute atomic E-state index is 12.9. The number of rotatable bonds is 12. The minimum Gasteiger partial charge on any atom is -0.483 e. The number of amidine groups is 1. The number of carbonyl (C=O) groups excluding carboxylic acids is 1. The predicted molar refractivity (Wildman–Crippen MR) is 175 cm³/mol. The molecule has 14 heteroatoms. The van der Waals surface area contributed by atoms with Crippen molar-refractivity contribution < 1.29 is 29.7 Å². The highest BCUT2D eigenvalue weighted by molar-refractivity contribution is 6.04. The predicted octanol–water partition coefficient (Wildman–Crippen LogP) is 4.13. The number of aliphatic hydroxyl groups is 1. The van der Waals surface area contributed by atoms with Gasteiger partial charge in [0.15, 0.2) is 5.84 Å². The molecule has 0 aliphatic carbocycles. The number of aromatic nitrogens is 2. The molecule has 1 aromatic heterocycles. The molecule has 0 aliphatic heterocycles. The van der Waals surface area contributed by atoms with Crippen LogP contribution in [0.4, 0.5) is 0 Å². The molecule has 0 unspecified atom stereocenters. The second-order valence-corrected chi connectivity index (χ2v) is 11.0. The first-order valence-electron chi connectivity index (χ1n) is 14.7. The van der Waals surface area contributed by atoms with E-state index in [1.54, 1.807) is 32.0 Å². The lowest BCUT2D eigenvalue weighted by atomic mass is 9.98. The standard InChI is InChI=1S/C32H37N7O5.CH2O2/c1-5-9-28-35-29(32(3,4)41)21(2)37(28)19-22-14-16-24(17-15-22)26-12-6-7-13-27(26)30(33)36-38(34)31(40)25-11-8-10-23(18-25)20-44-39(42)43;2-1-3/h6-8,10-18,41H,5,9,19-20,34H2,1-4H3,(H2,33,36);1H,(H,2,3). The number of hydrogen-bond acceptors (Lipinski definition) is 9. The van der Waals surface area contributed by atoms with Gasteiger partial charge in [-0.25, -0.2) is 10.8 Å². The summed E-state index contributed by atoms with van der Waals surface area (Å²) in [5.74, 6) is 6.30. The molecule has 0 spiro atoms. The summed E-state index contributed by atoms with van der Waals surface area (Å²) in [6.45, 7) is 7.64. The van der Waals surface area contributed by atoms with E-state index in [2.05, 4.69) is 21.4 Å². The number of benzene rings is 3. The van der Waals surface area contributed by atoms with Gasteiger partial charge in [0.1, 0.15) is 18.0 Å². The van der Waals surface area contributed by atoms with E-state index in [0.29, 0.717) is 28.5 Å². The van der Waals surface area contributed by atoms with Gasteiger partial charge in [-0.1, -0.05) is 67.6 Å². The number of imidazole rings is 1. The number of hydrazone groups is 1. The van der Waals surface area contributed by atoms with Crippen LogP contribution >= 0.6 is 0 Å². The molecule has 6 N–H and O–H groups in total. The molecule has 1 amide bonds. The Morgan fingerprint density at radius 3 is 2.40 bits per heavy atom. The lowest BCUT2D eigenvalue weighted by Gasteiger charge is -2.16. The number of hydrogen-bond donors (Lipinski definition) is 4. The van der Waals surface area contributed by atoms with Gasteiger partial charge in [0.2, 0.25) is 0 Å². The number of nitrogens with two attached hydrogens (primary N) is 2. The molecule has 4 rings (SSSR count). The van der Waals surface area contributed by atoms with E-state index < -0.39 is 16.6 Å². The first-order chi connectivity index (χ1) is 22.3. The van der Waals surface area contributed by atoms with Crippen molar-refractivity contribution in [3.05, 3.63) is 122 Å². The number of amides is 1. The molecule has 0 bridgehead atoms. The fraction of sp³-hybridized carbons (Fsp3) is 0.273. The first kappa shape index (κ1) is 35.9. The van der Waals surface area contributed by atoms with Crippen molar-refractivity contribution in [1.29, 1.82) is 0 Å². The van der Waals surface area contributed by atoms with Gasteiger partial charge in [-0.15, -0.1) is 15.2 Å². The van der Waals surface area contributed by atoms with Crippen LogP contribution in [-0.4, -0.2) is 48.2 Å². The molecule has 0 saturated carbocycles. The van der Waals surface area contributed by atoms with Crippen LogP contribution in [0.1, 0.15) is 71.5 Å². The second-order valence-electron chi connectivity index (χ2n) is 11.0. The van der Waals surface area contributed by atoms with Crippen LogP contribution in [0.2, 0.25) is 0 Å². The molecule has 0 atom stereocenters. The number of nitrogens with zero attached hydrogens (tertiary/aromatic N) is 5. The van der Waals surface area contributed by atoms with Crippen LogP contribution in [0.3, 0.4) is 0 Å². The molecular weight excluding hydrogens is 606 g/mol. The smallest absolute Gasteiger partial charge is 0.294 e. The highest BCUT2D eigenvalue weighted by Crippen LogP contribution is 2.27. The zero-order chi connectivity index (χ0) is 34.7. The third-order valence-corrected chi connectivity index (χ3v) is 7.10. The maximum Gasteiger partial charge on any atom is 0.294 e. The van der Waals surface area contributed by atoms with Crippen LogP contribution in [-0.2, 0) is 34.8 Å². The van der Waals surface area contributed by atoms with E-state index in [1.807, 2.05) is 49.4 Å². The maximum atomic E-state index is 12.9. The number of carboxylic acid groups (broad SMARTS) is 1. The number of carbonyl (C=O) groups is 2. The van der Waals surface area contributed by atoms with Gasteiger partial charge in [-0.05, 0) is 61.6 Å². The Morgan fingerprint density at radius 2 is 1.79 bits per heavy atom. The number of hydrazine groups is 1. The van der Waals surface area contributed by atoms with Crippen LogP contribution in [0, 0.1) is 17.0 Å². The highest BCUT2D eigenvalue weighted by Gasteiger charge is 2.25. The molecule has 0 aliphatic rings. The van der Waals surface area contributed by atoms with Gasteiger partial charge in [0.25, 0.3) is 17.5 Å². The van der Waals surface area contributed by atoms with Gasteiger partial charge in [-0.2, -0.15) is 5.12 Å². The van der Waals surface area contributed by atoms with Crippen molar-refractivity contribution >= 4 is 18.2 Å². The largest absolute Gasteiger partial charge is 0.483 e. The SMILES string of the molecule is CCCc1nc(C(C)(C)O)c(C)n1Cc1ccc(-c2ccccc2/C(N)=N/N(N)C(=O)c2cccc(CO[N+](=O)[O-])c2)cc1.O=CO. The topological polar surface area (TPSA) is 212 Å². The molecule has 248 valence electrons. The van der Waals surface area contributed by atoms with Crippen molar-refractivity contribution in [3.63, 3.8) is 0 Å². The monoisotopic (exact) mass is 645 g/mol. The third-order valence-electron chi connectivity index (χ3n) is 7.10. The summed E-state index contributed by atoms with van der Waals surface area (Å²) >= 11 is 0. The lowest BCUT2D eigenvalue weighted by Crippen LogP contribution is -2.35. The molecule has 0 saturated heterocycles. The Hall–Kier alpha value is -5.60. The number of aryl methyl sites for hydroxylation is 1. The quantitative estimate of drug-likeness (QED) is 0.0329. The van der Waals surface area contributed by atoms with E-state index in [9.17, 15) is 20.0 Å². The Morgan fingerprint density at radius 1 is 1.13 bits per heavy atom. The lowest BCUT2D eigenvalue weighted by molar-refractivity contribution is -0.763. The summed E-state index contributed by atoms with van der Waals surface area (Å²) in [6.07, 6.45) is 1.75. The van der Waals surface area contributed by atoms with E-state index in [0.717, 1.165) is 41.1 Å². The van der Waals surface area contributed by atoms with Gasteiger partial charge in [-0.3, -0.25) is 9.59 Å². The van der Waals surface area contributed by atoms with Crippen molar-refractivity contribution in [2.75, 3.05) is 0 Å². The zero-order valence-corrected chi connectivity index (χ0v) is 26.7. The van der Waals surface area contributed by atoms with Gasteiger partial charge in [0, 0.05) is 29.8 Å². The van der Waals surface area contributed by atoms with Crippen LogP contribution < -0.4 is 11.6 Å². The fourth-order valence-electron chi connectivity index (χ4n) is 5.00. The minimum absolute atomic E-state index is 0.0331. The van der Waals surface area contributed by atoms with Gasteiger partial charge in [0.05, 0.1) is 5.69 Å². The summed E-state index contributed by atoms with van der Waals surface area (Å²) in [5.41, 5.74) is 10.9. The second kappa shape index (κ2) is 16.1. The van der Waals surface area contributed by atoms with Crippen LogP contribution in [0.15, 0.2) is 77.9 Å². The van der Waals surface area contributed by atoms with Gasteiger partial charge >= 0.3 is 0 Å². The van der Waals surface area contributed by atoms with E-state index in [1.165, 1.54) is 12.1 Å². The average Bonchev–Trinajstić information content (AvgIpc) is 3.35. The summed E-state index contributed by atoms with van der Waals surface area (Å²) in [4.78, 5) is 40.9. The normalized spacial score (nSPS) is 11.3. The van der Waals surface area contributed by atoms with Crippen molar-refractivity contribution in [2.45, 2.75) is 59.3 Å². The highest BCUT2D eigenvalue weighted by atomic mass is 16.9. The van der Waals surface area contributed by atoms with Crippen LogP contribution in [0.25, 0.3) is 11.1 Å². The first-order valence-corrected chi connectivity index (χ1v) is 14.7. The van der Waals surface area contributed by atoms with Crippen molar-refractivity contribution in [3.8, 4) is 11.1 Å². The molecule has 47 heavy (non-hydrogen) atoms. The third kappa shape index (κ3) is 9.45. The van der Waals surface area contributed by atoms with Crippen molar-refractivity contribution in [1.82, 2.24) is 14.7 Å². The molecule has 14 nitrogen and oxygen atoms in total. The summed E-state index contributed by atoms with van der Waals surface area (Å²) in [5, 5.41) is 31.9. The summed E-state index contributed by atoms with van der Waals surface area (Å²) < 4.78 is 2.16. The minimum atomic E-state index is -1.03. The van der Waals surface area contributed by atoms with Crippen molar-refractivity contribution in [2.24, 2.45) is 16.7 Å². The molecule has 0 radical (unpaired) electrons. The Labute approximate surface area is 272 Å². The van der Waals surface area contributed by atoms with E-state index in [4.69, 9.17) is 26.5 Å². The van der Waals surface area contributed by atoms with E-state index in [-0.39, 0.29) is 24.5 Å². The Kier molecular flexibility index (Phi) is 12.3. The fourth-order valence-corrected chi connectivity index (χ4v) is 5.00. The molecule has 1 heterocycles. The average molecular weight is 646 g/mol. The summed E-state index contributed by atoms with van der Waals surface area (Å²) in [6, 6.07) is 21.6. The zero-order valence-electron chi connectivity index (χ0n) is 26.7. The molecule has 0 fully saturated rings. The Bertz CT molecular complexity index is 1730.